The van der Waals surface area contributed by atoms with Crippen molar-refractivity contribution in [1.29, 1.82) is 0 Å². The molecule has 99 valence electrons. The summed E-state index contributed by atoms with van der Waals surface area (Å²) in [4.78, 5) is 5.40. The molecule has 1 aliphatic heterocycles. The molecule has 1 heterocycles. The second-order valence-electron chi connectivity index (χ2n) is 4.65. The minimum atomic E-state index is 0. The van der Waals surface area contributed by atoms with E-state index in [1.54, 1.807) is 0 Å². The number of nitrogens with zero attached hydrogens (tertiary/aromatic N) is 1. The van der Waals surface area contributed by atoms with Gasteiger partial charge in [0.25, 0.3) is 0 Å². The zero-order valence-electron chi connectivity index (χ0n) is 10.1. The summed E-state index contributed by atoms with van der Waals surface area (Å²) >= 11 is 4.74. The average molecular weight is 670 g/mol. The van der Waals surface area contributed by atoms with Crippen LogP contribution in [0, 0.1) is 17.8 Å². The number of nitrogens with one attached hydrogen (secondary N) is 1. The average Bonchev–Trinajstić information content (AvgIpc) is 2.71. The number of halogens is 2. The maximum absolute atomic E-state index is 7.95. The molecule has 7 heteroatoms. The molecule has 4 atom stereocenters. The molecule has 1 saturated carbocycles. The van der Waals surface area contributed by atoms with E-state index in [0.717, 1.165) is 12.1 Å². The van der Waals surface area contributed by atoms with Gasteiger partial charge in [0.15, 0.2) is 0 Å². The van der Waals surface area contributed by atoms with E-state index in [4.69, 9.17) is 10.6 Å². The van der Waals surface area contributed by atoms with Crippen LogP contribution in [0.25, 0.3) is 5.73 Å². The maximum atomic E-state index is 7.95. The van der Waals surface area contributed by atoms with Crippen LogP contribution in [0.1, 0.15) is 27.2 Å². The van der Waals surface area contributed by atoms with E-state index < -0.39 is 0 Å². The number of hydrogen-bond acceptors (Lipinski definition) is 2. The summed E-state index contributed by atoms with van der Waals surface area (Å²) < 4.78 is 0. The van der Waals surface area contributed by atoms with Gasteiger partial charge < -0.3 is 10.6 Å². The molecular formula is C10H17I2N2OVW-. The third-order valence-electron chi connectivity index (χ3n) is 3.19. The van der Waals surface area contributed by atoms with Crippen molar-refractivity contribution < 1.29 is 35.4 Å². The van der Waals surface area contributed by atoms with Crippen molar-refractivity contribution in [3.05, 3.63) is 5.73 Å². The van der Waals surface area contributed by atoms with Gasteiger partial charge >= 0.3 is 49.4 Å². The topological polar surface area (TPSA) is 45.4 Å². The summed E-state index contributed by atoms with van der Waals surface area (Å²) in [5, 5.41) is 4.12. The molecule has 1 N–H and O–H groups in total. The predicted octanol–water partition coefficient (Wildman–Crippen LogP) is 4.24. The Kier molecular flexibility index (Phi) is 10.3. The van der Waals surface area contributed by atoms with Gasteiger partial charge in [-0.3, -0.25) is 0 Å². The Morgan fingerprint density at radius 3 is 2.47 bits per heavy atom. The summed E-state index contributed by atoms with van der Waals surface area (Å²) in [6, 6.07) is 0.00338. The molecule has 1 fully saturated rings. The summed E-state index contributed by atoms with van der Waals surface area (Å²) in [7, 11) is 0.628. The molecule has 2 rings (SSSR count). The van der Waals surface area contributed by atoms with Crippen LogP contribution in [-0.4, -0.2) is 17.9 Å². The van der Waals surface area contributed by atoms with Crippen LogP contribution < -0.4 is 0 Å². The fourth-order valence-corrected chi connectivity index (χ4v) is 2.48. The van der Waals surface area contributed by atoms with Gasteiger partial charge in [-0.05, 0) is 11.8 Å². The molecule has 0 spiro atoms. The smallest absolute Gasteiger partial charge is 0 e. The second-order valence-corrected chi connectivity index (χ2v) is 16.4. The Bertz CT molecular complexity index is 269. The van der Waals surface area contributed by atoms with E-state index in [0.29, 0.717) is 21.3 Å². The first-order chi connectivity index (χ1) is 7.52. The van der Waals surface area contributed by atoms with Crippen LogP contribution in [0.2, 0.25) is 0 Å². The van der Waals surface area contributed by atoms with Gasteiger partial charge in [0, 0.05) is 27.0 Å². The molecule has 2 aliphatic rings. The number of hydrogen-bond donors (Lipinski definition) is 0. The zero-order valence-corrected chi connectivity index (χ0v) is 18.7. The number of rotatable bonds is 1. The third kappa shape index (κ3) is 4.89. The van der Waals surface area contributed by atoms with E-state index in [2.05, 4.69) is 65.9 Å². The molecule has 0 aromatic rings. The van der Waals surface area contributed by atoms with Gasteiger partial charge in [0.05, 0.1) is 5.71 Å². The van der Waals surface area contributed by atoms with Crippen molar-refractivity contribution in [2.75, 3.05) is 0 Å². The standard InChI is InChI=1S/C10H17N2O.2HI.V.W/c1-5(2)9-8-7(11)4-6(3)10(8)13-12-9;;;;/h5-8,10-11H,4H2,1-3H3;2*1H;;/q-1;;;+2;/p-2. The largest absolute Gasteiger partial charge is 0 e. The number of oxime groups is 1. The van der Waals surface area contributed by atoms with E-state index in [9.17, 15) is 0 Å². The molecule has 3 nitrogen and oxygen atoms in total. The Labute approximate surface area is 147 Å². The first-order valence-electron chi connectivity index (χ1n) is 5.39. The normalized spacial score (nSPS) is 33.9. The zero-order chi connectivity index (χ0) is 12.3. The first kappa shape index (κ1) is 19.2. The van der Waals surface area contributed by atoms with Crippen LogP contribution in [0.5, 0.6) is 0 Å². The number of fused-ring (bicyclic) bond motifs is 1. The van der Waals surface area contributed by atoms with Gasteiger partial charge in [0.1, 0.15) is 6.10 Å². The Morgan fingerprint density at radius 2 is 2.00 bits per heavy atom. The van der Waals surface area contributed by atoms with Gasteiger partial charge in [-0.25, -0.2) is 0 Å². The maximum Gasteiger partial charge on any atom is 0 e. The van der Waals surface area contributed by atoms with Crippen molar-refractivity contribution >= 4 is 45.7 Å². The fraction of sp³-hybridized carbons (Fsp3) is 0.900. The quantitative estimate of drug-likeness (QED) is 0.386. The molecule has 1 aliphatic carbocycles. The minimum absolute atomic E-state index is 0. The van der Waals surface area contributed by atoms with E-state index in [1.165, 1.54) is 0 Å². The van der Waals surface area contributed by atoms with Gasteiger partial charge in [-0.15, -0.1) is 6.04 Å². The minimum Gasteiger partial charge on any atom is 0 e. The van der Waals surface area contributed by atoms with Crippen LogP contribution in [0.3, 0.4) is 0 Å². The molecule has 17 heavy (non-hydrogen) atoms. The predicted molar refractivity (Wildman–Crippen MR) is 80.6 cm³/mol. The summed E-state index contributed by atoms with van der Waals surface area (Å²) in [6.45, 7) is 6.41. The van der Waals surface area contributed by atoms with Crippen molar-refractivity contribution in [3.63, 3.8) is 0 Å². The van der Waals surface area contributed by atoms with Crippen molar-refractivity contribution in [2.24, 2.45) is 22.9 Å². The van der Waals surface area contributed by atoms with Gasteiger partial charge in [-0.1, -0.05) is 32.3 Å². The molecule has 0 radical (unpaired) electrons. The Morgan fingerprint density at radius 1 is 1.47 bits per heavy atom. The van der Waals surface area contributed by atoms with Gasteiger partial charge in [0.2, 0.25) is 0 Å². The molecule has 4 unspecified atom stereocenters. The fourth-order valence-electron chi connectivity index (χ4n) is 2.48. The van der Waals surface area contributed by atoms with Crippen LogP contribution in [-0.2, 0) is 35.4 Å². The first-order valence-corrected chi connectivity index (χ1v) is 14.4. The summed E-state index contributed by atoms with van der Waals surface area (Å²) in [5.41, 5.74) is 9.06. The molecule has 0 amide bonds. The van der Waals surface area contributed by atoms with Crippen LogP contribution in [0.4, 0.5) is 0 Å². The molecule has 0 aromatic heterocycles. The Balaban J connectivity index is 0.000000583. The monoisotopic (exact) mass is 670 g/mol. The second kappa shape index (κ2) is 9.16. The van der Waals surface area contributed by atoms with Crippen molar-refractivity contribution in [2.45, 2.75) is 39.3 Å². The molecular weight excluding hydrogens is 653 g/mol. The summed E-state index contributed by atoms with van der Waals surface area (Å²) in [5.74, 6) is 1.19. The summed E-state index contributed by atoms with van der Waals surface area (Å²) in [6.07, 6.45) is 1.15. The third-order valence-corrected chi connectivity index (χ3v) is 3.19. The van der Waals surface area contributed by atoms with Gasteiger partial charge in [-0.2, -0.15) is 0 Å². The molecule has 0 bridgehead atoms. The van der Waals surface area contributed by atoms with E-state index in [1.807, 2.05) is 0 Å². The van der Waals surface area contributed by atoms with Crippen molar-refractivity contribution in [1.82, 2.24) is 0 Å². The SMILES string of the molecule is CC(C)C1=NOC2C(C)CC([NH-])C12.[I][V][I].[W]. The molecule has 0 aromatic carbocycles. The molecule has 0 saturated heterocycles. The van der Waals surface area contributed by atoms with Crippen LogP contribution in [0.15, 0.2) is 5.16 Å². The van der Waals surface area contributed by atoms with E-state index in [-0.39, 0.29) is 39.1 Å². The van der Waals surface area contributed by atoms with Crippen LogP contribution >= 0.6 is 40.0 Å². The van der Waals surface area contributed by atoms with E-state index >= 15 is 0 Å². The van der Waals surface area contributed by atoms with Crippen molar-refractivity contribution in [3.8, 4) is 0 Å². The Hall–Kier alpha value is 2.16.